The summed E-state index contributed by atoms with van der Waals surface area (Å²) in [6.07, 6.45) is 0.801. The van der Waals surface area contributed by atoms with Gasteiger partial charge in [-0.3, -0.25) is 19.3 Å². The van der Waals surface area contributed by atoms with Crippen LogP contribution in [0.2, 0.25) is 0 Å². The monoisotopic (exact) mass is 443 g/mol. The highest BCUT2D eigenvalue weighted by molar-refractivity contribution is 6.26. The van der Waals surface area contributed by atoms with E-state index in [0.717, 1.165) is 28.4 Å². The van der Waals surface area contributed by atoms with Crippen LogP contribution in [-0.2, 0) is 16.1 Å². The van der Waals surface area contributed by atoms with Gasteiger partial charge < -0.3 is 10.2 Å². The molecule has 3 aromatic carbocycles. The maximum atomic E-state index is 13.6. The molecule has 0 fully saturated rings. The maximum Gasteiger partial charge on any atom is 0.259 e. The molecule has 0 spiro atoms. The molecule has 0 aliphatic carbocycles. The van der Waals surface area contributed by atoms with Crippen LogP contribution in [0.25, 0.3) is 10.8 Å². The van der Waals surface area contributed by atoms with Gasteiger partial charge in [0, 0.05) is 23.5 Å². The molecule has 3 aromatic rings. The van der Waals surface area contributed by atoms with Gasteiger partial charge in [-0.1, -0.05) is 61.5 Å². The molecular weight excluding hydrogens is 414 g/mol. The molecule has 0 unspecified atom stereocenters. The van der Waals surface area contributed by atoms with Crippen LogP contribution in [0, 0.1) is 0 Å². The first-order valence-corrected chi connectivity index (χ1v) is 11.4. The van der Waals surface area contributed by atoms with Crippen molar-refractivity contribution in [3.05, 3.63) is 77.9 Å². The van der Waals surface area contributed by atoms with E-state index in [-0.39, 0.29) is 36.9 Å². The average Bonchev–Trinajstić information content (AvgIpc) is 3.10. The summed E-state index contributed by atoms with van der Waals surface area (Å²) < 4.78 is 0. The minimum atomic E-state index is -0.678. The molecule has 0 bridgehead atoms. The van der Waals surface area contributed by atoms with Gasteiger partial charge >= 0.3 is 0 Å². The Labute approximate surface area is 194 Å². The molecule has 1 aliphatic heterocycles. The van der Waals surface area contributed by atoms with Gasteiger partial charge in [0.25, 0.3) is 5.91 Å². The second-order valence-electron chi connectivity index (χ2n) is 8.57. The summed E-state index contributed by atoms with van der Waals surface area (Å²) in [5, 5.41) is 4.81. The van der Waals surface area contributed by atoms with Crippen molar-refractivity contribution >= 4 is 34.2 Å². The van der Waals surface area contributed by atoms with Crippen LogP contribution in [-0.4, -0.2) is 41.2 Å². The third-order valence-corrected chi connectivity index (χ3v) is 6.31. The second-order valence-corrected chi connectivity index (χ2v) is 8.57. The normalized spacial score (nSPS) is 14.3. The molecule has 6 heteroatoms. The van der Waals surface area contributed by atoms with E-state index in [1.54, 1.807) is 17.9 Å². The predicted octanol–water partition coefficient (Wildman–Crippen LogP) is 4.13. The van der Waals surface area contributed by atoms with Crippen LogP contribution >= 0.6 is 0 Å². The van der Waals surface area contributed by atoms with Gasteiger partial charge in [0.15, 0.2) is 0 Å². The molecule has 0 aromatic heterocycles. The fourth-order valence-electron chi connectivity index (χ4n) is 4.19. The molecule has 0 saturated heterocycles. The molecule has 1 aliphatic rings. The lowest BCUT2D eigenvalue weighted by Crippen LogP contribution is -2.52. The average molecular weight is 444 g/mol. The van der Waals surface area contributed by atoms with Crippen molar-refractivity contribution in [3.8, 4) is 0 Å². The van der Waals surface area contributed by atoms with Gasteiger partial charge in [-0.25, -0.2) is 0 Å². The van der Waals surface area contributed by atoms with Crippen LogP contribution < -0.4 is 10.2 Å². The summed E-state index contributed by atoms with van der Waals surface area (Å²) in [6, 6.07) is 20.2. The number of hydrogen-bond acceptors (Lipinski definition) is 3. The van der Waals surface area contributed by atoms with Crippen LogP contribution in [0.1, 0.15) is 43.1 Å². The molecule has 1 N–H and O–H groups in total. The summed E-state index contributed by atoms with van der Waals surface area (Å²) in [5.74, 6) is -0.665. The highest BCUT2D eigenvalue weighted by Gasteiger charge is 2.34. The van der Waals surface area contributed by atoms with Gasteiger partial charge in [0.05, 0.1) is 5.69 Å². The minimum absolute atomic E-state index is 0.0147. The molecule has 1 heterocycles. The quantitative estimate of drug-likeness (QED) is 0.569. The van der Waals surface area contributed by atoms with Crippen molar-refractivity contribution < 1.29 is 14.4 Å². The smallest absolute Gasteiger partial charge is 0.259 e. The van der Waals surface area contributed by atoms with Gasteiger partial charge in [-0.15, -0.1) is 0 Å². The molecule has 0 saturated carbocycles. The molecule has 0 radical (unpaired) electrons. The van der Waals surface area contributed by atoms with E-state index in [2.05, 4.69) is 5.32 Å². The zero-order valence-electron chi connectivity index (χ0n) is 19.2. The second kappa shape index (κ2) is 9.45. The number of hydrogen-bond donors (Lipinski definition) is 1. The number of anilines is 1. The third-order valence-electron chi connectivity index (χ3n) is 6.31. The van der Waals surface area contributed by atoms with Crippen LogP contribution in [0.3, 0.4) is 0 Å². The van der Waals surface area contributed by atoms with Gasteiger partial charge in [0.1, 0.15) is 12.6 Å². The standard InChI is InChI=1S/C27H29N3O3/c1-4-18(2)28-26(32)19(3)29(16-20-10-6-5-7-11-20)24(31)17-30-23-15-9-13-21-12-8-14-22(25(21)23)27(30)33/h5-15,18-19H,4,16-17H2,1-3H3,(H,28,32)/t18-,19-/m1/s1. The minimum Gasteiger partial charge on any atom is -0.352 e. The Balaban J connectivity index is 1.61. The van der Waals surface area contributed by atoms with E-state index in [1.807, 2.05) is 74.5 Å². The van der Waals surface area contributed by atoms with E-state index < -0.39 is 6.04 Å². The Bertz CT molecular complexity index is 1190. The zero-order valence-corrected chi connectivity index (χ0v) is 19.2. The van der Waals surface area contributed by atoms with Crippen molar-refractivity contribution in [3.63, 3.8) is 0 Å². The van der Waals surface area contributed by atoms with E-state index in [0.29, 0.717) is 5.56 Å². The van der Waals surface area contributed by atoms with Crippen LogP contribution in [0.4, 0.5) is 5.69 Å². The number of amides is 3. The molecule has 2 atom stereocenters. The largest absolute Gasteiger partial charge is 0.352 e. The Kier molecular flexibility index (Phi) is 6.45. The first-order valence-electron chi connectivity index (χ1n) is 11.4. The van der Waals surface area contributed by atoms with E-state index in [4.69, 9.17) is 0 Å². The Morgan fingerprint density at radius 3 is 2.36 bits per heavy atom. The van der Waals surface area contributed by atoms with Crippen molar-refractivity contribution in [2.45, 2.75) is 45.8 Å². The lowest BCUT2D eigenvalue weighted by molar-refractivity contribution is -0.139. The summed E-state index contributed by atoms with van der Waals surface area (Å²) in [6.45, 7) is 5.84. The van der Waals surface area contributed by atoms with E-state index in [1.165, 1.54) is 4.90 Å². The lowest BCUT2D eigenvalue weighted by Gasteiger charge is -2.31. The van der Waals surface area contributed by atoms with Gasteiger partial charge in [0.2, 0.25) is 11.8 Å². The van der Waals surface area contributed by atoms with Gasteiger partial charge in [-0.05, 0) is 43.4 Å². The molecule has 170 valence electrons. The molecule has 33 heavy (non-hydrogen) atoms. The summed E-state index contributed by atoms with van der Waals surface area (Å²) in [5.41, 5.74) is 2.26. The van der Waals surface area contributed by atoms with E-state index >= 15 is 0 Å². The van der Waals surface area contributed by atoms with Crippen LogP contribution in [0.15, 0.2) is 66.7 Å². The topological polar surface area (TPSA) is 69.7 Å². The number of carbonyl (C=O) groups is 3. The highest BCUT2D eigenvalue weighted by Crippen LogP contribution is 2.37. The molecule has 4 rings (SSSR count). The highest BCUT2D eigenvalue weighted by atomic mass is 16.2. The van der Waals surface area contributed by atoms with Crippen molar-refractivity contribution in [2.24, 2.45) is 0 Å². The first-order chi connectivity index (χ1) is 15.9. The maximum absolute atomic E-state index is 13.6. The van der Waals surface area contributed by atoms with Crippen molar-refractivity contribution in [1.82, 2.24) is 10.2 Å². The van der Waals surface area contributed by atoms with Crippen LogP contribution in [0.5, 0.6) is 0 Å². The Morgan fingerprint density at radius 2 is 1.67 bits per heavy atom. The number of nitrogens with zero attached hydrogens (tertiary/aromatic N) is 2. The van der Waals surface area contributed by atoms with Crippen molar-refractivity contribution in [2.75, 3.05) is 11.4 Å². The summed E-state index contributed by atoms with van der Waals surface area (Å²) in [4.78, 5) is 42.7. The molecular formula is C27H29N3O3. The first kappa shape index (κ1) is 22.5. The number of benzene rings is 3. The summed E-state index contributed by atoms with van der Waals surface area (Å²) in [7, 11) is 0. The lowest BCUT2D eigenvalue weighted by atomic mass is 10.1. The van der Waals surface area contributed by atoms with Crippen molar-refractivity contribution in [1.29, 1.82) is 0 Å². The number of carbonyl (C=O) groups excluding carboxylic acids is 3. The number of nitrogens with one attached hydrogen (secondary N) is 1. The Hall–Kier alpha value is -3.67. The number of rotatable bonds is 8. The summed E-state index contributed by atoms with van der Waals surface area (Å²) >= 11 is 0. The fourth-order valence-corrected chi connectivity index (χ4v) is 4.19. The van der Waals surface area contributed by atoms with Gasteiger partial charge in [-0.2, -0.15) is 0 Å². The SMILES string of the molecule is CC[C@@H](C)NC(=O)[C@@H](C)N(Cc1ccccc1)C(=O)CN1C(=O)c2cccc3cccc1c23. The molecule has 3 amide bonds. The third kappa shape index (κ3) is 4.46. The fraction of sp³-hybridized carbons (Fsp3) is 0.296. The zero-order chi connectivity index (χ0) is 23.5. The van der Waals surface area contributed by atoms with E-state index in [9.17, 15) is 14.4 Å². The molecule has 6 nitrogen and oxygen atoms in total. The predicted molar refractivity (Wildman–Crippen MR) is 130 cm³/mol. The Morgan fingerprint density at radius 1 is 0.970 bits per heavy atom.